The van der Waals surface area contributed by atoms with E-state index < -0.39 is 0 Å². The van der Waals surface area contributed by atoms with Crippen LogP contribution in [0.5, 0.6) is 5.75 Å². The van der Waals surface area contributed by atoms with Crippen LogP contribution in [-0.2, 0) is 0 Å². The first kappa shape index (κ1) is 23.3. The third kappa shape index (κ3) is 4.42. The molecule has 0 amide bonds. The molecule has 0 saturated carbocycles. The Hall–Kier alpha value is -5.15. The Bertz CT molecular complexity index is 1600. The number of rotatable bonds is 6. The summed E-state index contributed by atoms with van der Waals surface area (Å²) in [6.45, 7) is 0. The number of nitrogens with zero attached hydrogens (tertiary/aromatic N) is 2. The Kier molecular flexibility index (Phi) is 6.40. The molecule has 0 bridgehead atoms. The van der Waals surface area contributed by atoms with Crippen LogP contribution in [0.2, 0.25) is 0 Å². The molecular formula is C35H26N2O. The predicted octanol–water partition coefficient (Wildman–Crippen LogP) is 9.26. The second kappa shape index (κ2) is 10.5. The van der Waals surface area contributed by atoms with E-state index in [1.54, 1.807) is 0 Å². The van der Waals surface area contributed by atoms with Crippen molar-refractivity contribution >= 4 is 17.2 Å². The predicted molar refractivity (Wildman–Crippen MR) is 157 cm³/mol. The number of hydrogen-bond acceptors (Lipinski definition) is 3. The van der Waals surface area contributed by atoms with Gasteiger partial charge in [0.1, 0.15) is 17.3 Å². The average Bonchev–Trinajstić information content (AvgIpc) is 3.00. The van der Waals surface area contributed by atoms with Gasteiger partial charge in [-0.1, -0.05) is 127 Å². The van der Waals surface area contributed by atoms with Crippen LogP contribution in [-0.4, -0.2) is 10.1 Å². The third-order valence-corrected chi connectivity index (χ3v) is 6.57. The molecule has 0 aliphatic heterocycles. The van der Waals surface area contributed by atoms with Gasteiger partial charge in [0.2, 0.25) is 0 Å². The smallest absolute Gasteiger partial charge is 0.150 e. The Morgan fingerprint density at radius 3 is 1.24 bits per heavy atom. The van der Waals surface area contributed by atoms with E-state index in [-0.39, 0.29) is 5.75 Å². The molecule has 0 aliphatic rings. The molecule has 0 unspecified atom stereocenters. The molecule has 38 heavy (non-hydrogen) atoms. The van der Waals surface area contributed by atoms with Gasteiger partial charge >= 0.3 is 0 Å². The lowest BCUT2D eigenvalue weighted by Gasteiger charge is -2.29. The van der Waals surface area contributed by atoms with E-state index in [1.165, 1.54) is 0 Å². The normalized spacial score (nSPS) is 10.7. The van der Waals surface area contributed by atoms with Crippen LogP contribution in [0.25, 0.3) is 33.5 Å². The molecule has 1 N–H and O–H groups in total. The highest BCUT2D eigenvalue weighted by atomic mass is 16.3. The van der Waals surface area contributed by atoms with Crippen LogP contribution in [0.4, 0.5) is 17.2 Å². The fraction of sp³-hybridized carbons (Fsp3) is 0. The fourth-order valence-corrected chi connectivity index (χ4v) is 4.83. The van der Waals surface area contributed by atoms with Gasteiger partial charge in [0.05, 0.1) is 0 Å². The molecule has 182 valence electrons. The van der Waals surface area contributed by atoms with Gasteiger partial charge in [-0.25, -0.2) is 4.98 Å². The monoisotopic (exact) mass is 490 g/mol. The minimum absolute atomic E-state index is 0.158. The Balaban J connectivity index is 1.77. The second-order valence-electron chi connectivity index (χ2n) is 8.99. The van der Waals surface area contributed by atoms with Gasteiger partial charge in [0.15, 0.2) is 0 Å². The van der Waals surface area contributed by atoms with Gasteiger partial charge in [0, 0.05) is 28.1 Å². The topological polar surface area (TPSA) is 36.4 Å². The zero-order valence-corrected chi connectivity index (χ0v) is 20.8. The highest BCUT2D eigenvalue weighted by Crippen LogP contribution is 2.50. The molecule has 1 aromatic heterocycles. The average molecular weight is 491 g/mol. The van der Waals surface area contributed by atoms with E-state index in [1.807, 2.05) is 115 Å². The second-order valence-corrected chi connectivity index (χ2v) is 8.99. The standard InChI is InChI=1S/C35H26N2O/c38-34-31(26-16-6-1-7-17-26)32(27-18-8-2-9-19-27)35(36-33(34)28-20-10-3-11-21-28)37(29-22-12-4-13-23-29)30-24-14-5-15-25-30/h1-25,38H. The molecule has 6 rings (SSSR count). The van der Waals surface area contributed by atoms with Crippen molar-refractivity contribution in [2.24, 2.45) is 0 Å². The molecule has 0 saturated heterocycles. The molecule has 0 atom stereocenters. The van der Waals surface area contributed by atoms with Crippen molar-refractivity contribution in [2.75, 3.05) is 4.90 Å². The maximum absolute atomic E-state index is 11.9. The number of aromatic nitrogens is 1. The van der Waals surface area contributed by atoms with Crippen molar-refractivity contribution < 1.29 is 5.11 Å². The summed E-state index contributed by atoms with van der Waals surface area (Å²) in [5.41, 5.74) is 6.85. The molecule has 0 spiro atoms. The zero-order valence-electron chi connectivity index (χ0n) is 20.8. The van der Waals surface area contributed by atoms with Crippen molar-refractivity contribution in [1.29, 1.82) is 0 Å². The molecule has 3 nitrogen and oxygen atoms in total. The number of pyridine rings is 1. The summed E-state index contributed by atoms with van der Waals surface area (Å²) in [7, 11) is 0. The summed E-state index contributed by atoms with van der Waals surface area (Å²) >= 11 is 0. The summed E-state index contributed by atoms with van der Waals surface area (Å²) in [4.78, 5) is 7.40. The summed E-state index contributed by atoms with van der Waals surface area (Å²) in [6, 6.07) is 50.6. The number of hydrogen-bond donors (Lipinski definition) is 1. The number of benzene rings is 5. The maximum atomic E-state index is 11.9. The Labute approximate surface area is 222 Å². The summed E-state index contributed by atoms with van der Waals surface area (Å²) < 4.78 is 0. The van der Waals surface area contributed by atoms with Crippen molar-refractivity contribution in [3.8, 4) is 39.3 Å². The van der Waals surface area contributed by atoms with E-state index >= 15 is 0 Å². The molecule has 0 fully saturated rings. The van der Waals surface area contributed by atoms with Crippen LogP contribution in [0, 0.1) is 0 Å². The van der Waals surface area contributed by atoms with E-state index in [0.717, 1.165) is 45.0 Å². The van der Waals surface area contributed by atoms with Crippen LogP contribution in [0.15, 0.2) is 152 Å². The highest BCUT2D eigenvalue weighted by molar-refractivity contribution is 6.00. The minimum atomic E-state index is 0.158. The van der Waals surface area contributed by atoms with E-state index in [9.17, 15) is 5.11 Å². The van der Waals surface area contributed by atoms with Crippen molar-refractivity contribution in [2.45, 2.75) is 0 Å². The van der Waals surface area contributed by atoms with E-state index in [2.05, 4.69) is 41.3 Å². The zero-order chi connectivity index (χ0) is 25.7. The summed E-state index contributed by atoms with van der Waals surface area (Å²) in [5, 5.41) is 11.9. The largest absolute Gasteiger partial charge is 0.505 e. The minimum Gasteiger partial charge on any atom is -0.505 e. The SMILES string of the molecule is Oc1c(-c2ccccc2)nc(N(c2ccccc2)c2ccccc2)c(-c2ccccc2)c1-c1ccccc1. The number of para-hydroxylation sites is 2. The molecule has 0 radical (unpaired) electrons. The number of anilines is 3. The van der Waals surface area contributed by atoms with Gasteiger partial charge in [-0.15, -0.1) is 0 Å². The first-order valence-electron chi connectivity index (χ1n) is 12.6. The lowest BCUT2D eigenvalue weighted by atomic mass is 9.91. The summed E-state index contributed by atoms with van der Waals surface area (Å²) in [6.07, 6.45) is 0. The third-order valence-electron chi connectivity index (χ3n) is 6.57. The molecule has 6 aromatic rings. The quantitative estimate of drug-likeness (QED) is 0.253. The van der Waals surface area contributed by atoms with Gasteiger partial charge in [-0.3, -0.25) is 4.90 Å². The highest BCUT2D eigenvalue weighted by Gasteiger charge is 2.27. The van der Waals surface area contributed by atoms with Crippen molar-refractivity contribution in [3.05, 3.63) is 152 Å². The maximum Gasteiger partial charge on any atom is 0.150 e. The van der Waals surface area contributed by atoms with Crippen molar-refractivity contribution in [3.63, 3.8) is 0 Å². The number of aromatic hydroxyl groups is 1. The van der Waals surface area contributed by atoms with Gasteiger partial charge in [-0.2, -0.15) is 0 Å². The molecule has 1 heterocycles. The molecule has 0 aliphatic carbocycles. The Morgan fingerprint density at radius 1 is 0.421 bits per heavy atom. The Morgan fingerprint density at radius 2 is 0.789 bits per heavy atom. The van der Waals surface area contributed by atoms with E-state index in [0.29, 0.717) is 5.69 Å². The van der Waals surface area contributed by atoms with Gasteiger partial charge in [0.25, 0.3) is 0 Å². The van der Waals surface area contributed by atoms with E-state index in [4.69, 9.17) is 4.98 Å². The first-order valence-corrected chi connectivity index (χ1v) is 12.6. The lowest BCUT2D eigenvalue weighted by Crippen LogP contribution is -2.14. The van der Waals surface area contributed by atoms with Crippen LogP contribution in [0.3, 0.4) is 0 Å². The van der Waals surface area contributed by atoms with Crippen LogP contribution in [0.1, 0.15) is 0 Å². The molecular weight excluding hydrogens is 464 g/mol. The molecule has 5 aromatic carbocycles. The lowest BCUT2D eigenvalue weighted by molar-refractivity contribution is 0.477. The van der Waals surface area contributed by atoms with Gasteiger partial charge in [-0.05, 0) is 35.4 Å². The molecule has 3 heteroatoms. The van der Waals surface area contributed by atoms with Crippen LogP contribution >= 0.6 is 0 Å². The van der Waals surface area contributed by atoms with Gasteiger partial charge < -0.3 is 5.11 Å². The fourth-order valence-electron chi connectivity index (χ4n) is 4.83. The van der Waals surface area contributed by atoms with Crippen molar-refractivity contribution in [1.82, 2.24) is 4.98 Å². The summed E-state index contributed by atoms with van der Waals surface area (Å²) in [5.74, 6) is 0.898. The van der Waals surface area contributed by atoms with Crippen LogP contribution < -0.4 is 4.90 Å². The first-order chi connectivity index (χ1) is 18.8.